The number of aromatic nitrogens is 3. The number of hydrogen-bond donors (Lipinski definition) is 2. The molecular formula is C31H40N6O3. The SMILES string of the molecule is CC(=O)NC(C)(C)CCCn1nnc2c1-c1ccccc1N(C(=O)CCC(C)(C)NC(C)=O)Cc1ccccc1-2. The zero-order valence-electron chi connectivity index (χ0n) is 24.4. The van der Waals surface area contributed by atoms with Gasteiger partial charge < -0.3 is 15.5 Å². The van der Waals surface area contributed by atoms with Gasteiger partial charge in [0.05, 0.1) is 17.9 Å². The summed E-state index contributed by atoms with van der Waals surface area (Å²) in [5.41, 5.74) is 4.48. The first-order valence-electron chi connectivity index (χ1n) is 13.9. The Morgan fingerprint density at radius 2 is 1.45 bits per heavy atom. The molecule has 0 spiro atoms. The van der Waals surface area contributed by atoms with E-state index >= 15 is 0 Å². The van der Waals surface area contributed by atoms with Gasteiger partial charge in [0, 0.05) is 49.0 Å². The number of nitrogens with zero attached hydrogens (tertiary/aromatic N) is 4. The molecule has 0 atom stereocenters. The molecule has 0 radical (unpaired) electrons. The third kappa shape index (κ3) is 6.76. The number of aryl methyl sites for hydroxylation is 1. The molecule has 1 aliphatic heterocycles. The number of hydrogen-bond acceptors (Lipinski definition) is 5. The van der Waals surface area contributed by atoms with E-state index in [1.807, 2.05) is 85.8 Å². The molecule has 0 saturated carbocycles. The predicted octanol–water partition coefficient (Wildman–Crippen LogP) is 4.85. The number of amides is 3. The second-order valence-corrected chi connectivity index (χ2v) is 11.9. The number of carbonyl (C=O) groups excluding carboxylic acids is 3. The van der Waals surface area contributed by atoms with Crippen molar-refractivity contribution < 1.29 is 14.4 Å². The van der Waals surface area contributed by atoms with E-state index in [1.54, 1.807) is 0 Å². The fourth-order valence-corrected chi connectivity index (χ4v) is 5.50. The first-order valence-corrected chi connectivity index (χ1v) is 13.9. The lowest BCUT2D eigenvalue weighted by molar-refractivity contribution is -0.122. The summed E-state index contributed by atoms with van der Waals surface area (Å²) in [7, 11) is 0. The standard InChI is InChI=1S/C31H40N6O3/c1-21(38)32-30(3,4)17-11-19-37-29-25-14-9-10-15-26(25)36(27(40)16-18-31(5,6)33-22(2)39)20-23-12-7-8-13-24(23)28(29)34-35-37/h7-10,12-15H,11,16-20H2,1-6H3,(H,32,38)(H,33,39). The summed E-state index contributed by atoms with van der Waals surface area (Å²) in [4.78, 5) is 38.9. The van der Waals surface area contributed by atoms with E-state index in [1.165, 1.54) is 13.8 Å². The van der Waals surface area contributed by atoms with Crippen LogP contribution < -0.4 is 15.5 Å². The molecule has 3 aromatic rings. The summed E-state index contributed by atoms with van der Waals surface area (Å²) in [6.45, 7) is 11.9. The third-order valence-electron chi connectivity index (χ3n) is 7.25. The Labute approximate surface area is 236 Å². The minimum Gasteiger partial charge on any atom is -0.351 e. The van der Waals surface area contributed by atoms with Gasteiger partial charge in [0.25, 0.3) is 0 Å². The van der Waals surface area contributed by atoms with E-state index in [4.69, 9.17) is 0 Å². The van der Waals surface area contributed by atoms with Gasteiger partial charge in [0.2, 0.25) is 17.7 Å². The van der Waals surface area contributed by atoms with Crippen LogP contribution in [-0.2, 0) is 27.5 Å². The van der Waals surface area contributed by atoms with Gasteiger partial charge in [-0.1, -0.05) is 47.7 Å². The maximum absolute atomic E-state index is 13.8. The van der Waals surface area contributed by atoms with E-state index < -0.39 is 5.54 Å². The summed E-state index contributed by atoms with van der Waals surface area (Å²) in [6.07, 6.45) is 2.36. The molecule has 4 rings (SSSR count). The molecule has 0 fully saturated rings. The minimum atomic E-state index is -0.498. The van der Waals surface area contributed by atoms with Crippen LogP contribution in [0.25, 0.3) is 22.5 Å². The van der Waals surface area contributed by atoms with Crippen molar-refractivity contribution in [2.24, 2.45) is 0 Å². The van der Waals surface area contributed by atoms with Crippen LogP contribution in [0.2, 0.25) is 0 Å². The molecule has 3 amide bonds. The van der Waals surface area contributed by atoms with Gasteiger partial charge in [0.15, 0.2) is 0 Å². The normalized spacial score (nSPS) is 12.9. The average molecular weight is 545 g/mol. The lowest BCUT2D eigenvalue weighted by atomic mass is 9.94. The smallest absolute Gasteiger partial charge is 0.227 e. The highest BCUT2D eigenvalue weighted by atomic mass is 16.2. The molecular weight excluding hydrogens is 504 g/mol. The molecule has 0 aliphatic carbocycles. The van der Waals surface area contributed by atoms with E-state index in [-0.39, 0.29) is 29.7 Å². The monoisotopic (exact) mass is 544 g/mol. The summed E-state index contributed by atoms with van der Waals surface area (Å²) in [5, 5.41) is 15.1. The molecule has 0 saturated heterocycles. The quantitative estimate of drug-likeness (QED) is 0.400. The number of anilines is 1. The molecule has 0 unspecified atom stereocenters. The maximum atomic E-state index is 13.8. The molecule has 2 aromatic carbocycles. The fourth-order valence-electron chi connectivity index (χ4n) is 5.50. The van der Waals surface area contributed by atoms with Crippen LogP contribution >= 0.6 is 0 Å². The third-order valence-corrected chi connectivity index (χ3v) is 7.25. The Morgan fingerprint density at radius 3 is 2.12 bits per heavy atom. The van der Waals surface area contributed by atoms with Gasteiger partial charge in [-0.05, 0) is 58.6 Å². The lowest BCUT2D eigenvalue weighted by Crippen LogP contribution is -2.43. The Hall–Kier alpha value is -4.01. The van der Waals surface area contributed by atoms with Crippen LogP contribution in [0.1, 0.15) is 72.8 Å². The van der Waals surface area contributed by atoms with Crippen molar-refractivity contribution in [2.45, 2.75) is 91.4 Å². The summed E-state index contributed by atoms with van der Waals surface area (Å²) < 4.78 is 1.92. The van der Waals surface area contributed by atoms with Crippen molar-refractivity contribution in [2.75, 3.05) is 4.90 Å². The zero-order chi connectivity index (χ0) is 29.1. The molecule has 1 aliphatic rings. The molecule has 9 heteroatoms. The molecule has 2 heterocycles. The summed E-state index contributed by atoms with van der Waals surface area (Å²) in [6, 6.07) is 15.9. The van der Waals surface area contributed by atoms with Gasteiger partial charge in [-0.25, -0.2) is 4.68 Å². The second kappa shape index (κ2) is 11.6. The molecule has 2 N–H and O–H groups in total. The van der Waals surface area contributed by atoms with Crippen LogP contribution in [0.15, 0.2) is 48.5 Å². The number of nitrogens with one attached hydrogen (secondary N) is 2. The molecule has 1 aromatic heterocycles. The van der Waals surface area contributed by atoms with Crippen molar-refractivity contribution in [3.05, 3.63) is 54.1 Å². The molecule has 0 bridgehead atoms. The molecule has 212 valence electrons. The zero-order valence-corrected chi connectivity index (χ0v) is 24.4. The van der Waals surface area contributed by atoms with Gasteiger partial charge in [-0.3, -0.25) is 14.4 Å². The van der Waals surface area contributed by atoms with Crippen LogP contribution in [0.5, 0.6) is 0 Å². The number of carbonyl (C=O) groups is 3. The molecule has 9 nitrogen and oxygen atoms in total. The first kappa shape index (κ1) is 29.0. The van der Waals surface area contributed by atoms with Gasteiger partial charge >= 0.3 is 0 Å². The van der Waals surface area contributed by atoms with E-state index in [0.29, 0.717) is 19.5 Å². The number of benzene rings is 2. The maximum Gasteiger partial charge on any atom is 0.227 e. The van der Waals surface area contributed by atoms with Crippen LogP contribution in [0.4, 0.5) is 5.69 Å². The lowest BCUT2D eigenvalue weighted by Gasteiger charge is -2.31. The van der Waals surface area contributed by atoms with Gasteiger partial charge in [0.1, 0.15) is 5.69 Å². The average Bonchev–Trinajstić information content (AvgIpc) is 3.26. The Morgan fingerprint density at radius 1 is 0.850 bits per heavy atom. The van der Waals surface area contributed by atoms with Crippen LogP contribution in [0, 0.1) is 0 Å². The Bertz CT molecular complexity index is 1410. The predicted molar refractivity (Wildman–Crippen MR) is 156 cm³/mol. The Balaban J connectivity index is 1.71. The van der Waals surface area contributed by atoms with Crippen LogP contribution in [-0.4, -0.2) is 43.8 Å². The highest BCUT2D eigenvalue weighted by molar-refractivity contribution is 6.00. The number of fused-ring (bicyclic) bond motifs is 5. The van der Waals surface area contributed by atoms with E-state index in [0.717, 1.165) is 46.6 Å². The topological polar surface area (TPSA) is 109 Å². The fraction of sp³-hybridized carbons (Fsp3) is 0.452. The first-order chi connectivity index (χ1) is 18.9. The van der Waals surface area contributed by atoms with E-state index in [2.05, 4.69) is 20.9 Å². The van der Waals surface area contributed by atoms with Crippen molar-refractivity contribution in [3.8, 4) is 22.5 Å². The number of rotatable bonds is 9. The van der Waals surface area contributed by atoms with E-state index in [9.17, 15) is 14.4 Å². The summed E-state index contributed by atoms with van der Waals surface area (Å²) >= 11 is 0. The highest BCUT2D eigenvalue weighted by Gasteiger charge is 2.30. The largest absolute Gasteiger partial charge is 0.351 e. The van der Waals surface area contributed by atoms with Crippen molar-refractivity contribution >= 4 is 23.4 Å². The molecule has 40 heavy (non-hydrogen) atoms. The minimum absolute atomic E-state index is 0.0137. The van der Waals surface area contributed by atoms with Crippen molar-refractivity contribution in [3.63, 3.8) is 0 Å². The Kier molecular flexibility index (Phi) is 8.42. The second-order valence-electron chi connectivity index (χ2n) is 11.9. The van der Waals surface area contributed by atoms with Crippen molar-refractivity contribution in [1.29, 1.82) is 0 Å². The van der Waals surface area contributed by atoms with Gasteiger partial charge in [-0.15, -0.1) is 5.10 Å². The van der Waals surface area contributed by atoms with Crippen molar-refractivity contribution in [1.82, 2.24) is 25.6 Å². The highest BCUT2D eigenvalue weighted by Crippen LogP contribution is 2.41. The van der Waals surface area contributed by atoms with Crippen LogP contribution in [0.3, 0.4) is 0 Å². The number of para-hydroxylation sites is 1. The summed E-state index contributed by atoms with van der Waals surface area (Å²) in [5.74, 6) is -0.177. The van der Waals surface area contributed by atoms with Gasteiger partial charge in [-0.2, -0.15) is 0 Å².